The third kappa shape index (κ3) is 3.10. The van der Waals surface area contributed by atoms with Gasteiger partial charge in [0.25, 0.3) is 0 Å². The highest BCUT2D eigenvalue weighted by Crippen LogP contribution is 2.54. The van der Waals surface area contributed by atoms with Gasteiger partial charge in [-0.25, -0.2) is 35.6 Å². The van der Waals surface area contributed by atoms with Gasteiger partial charge in [0.15, 0.2) is 15.7 Å². The predicted octanol–water partition coefficient (Wildman–Crippen LogP) is -0.343. The Kier molecular flexibility index (Phi) is 3.92. The van der Waals surface area contributed by atoms with Gasteiger partial charge in [0.2, 0.25) is 10.0 Å². The highest BCUT2D eigenvalue weighted by Gasteiger charge is 2.61. The van der Waals surface area contributed by atoms with E-state index in [2.05, 4.69) is 10.1 Å². The second-order valence-electron chi connectivity index (χ2n) is 11.4. The molecule has 1 aromatic heterocycles. The number of aromatic nitrogens is 3. The number of amides is 2. The lowest BCUT2D eigenvalue weighted by Crippen LogP contribution is -2.77. The number of nitrogens with zero attached hydrogens (tertiary/aromatic N) is 6. The molecule has 4 aliphatic heterocycles. The summed E-state index contributed by atoms with van der Waals surface area (Å²) in [5, 5.41) is 3.85. The van der Waals surface area contributed by atoms with Crippen LogP contribution in [0.15, 0.2) is 6.33 Å². The van der Waals surface area contributed by atoms with Crippen LogP contribution in [0.5, 0.6) is 0 Å². The minimum absolute atomic E-state index is 0.0536. The monoisotopic (exact) mass is 496 g/mol. The van der Waals surface area contributed by atoms with E-state index in [0.29, 0.717) is 38.1 Å². The van der Waals surface area contributed by atoms with Gasteiger partial charge in [-0.15, -0.1) is 0 Å². The summed E-state index contributed by atoms with van der Waals surface area (Å²) in [7, 11) is -6.72. The highest BCUT2D eigenvalue weighted by molar-refractivity contribution is 7.98. The Hall–Kier alpha value is -1.73. The van der Waals surface area contributed by atoms with E-state index in [1.807, 2.05) is 20.8 Å². The fourth-order valence-corrected chi connectivity index (χ4v) is 11.3. The molecule has 0 aromatic carbocycles. The third-order valence-corrected chi connectivity index (χ3v) is 12.9. The summed E-state index contributed by atoms with van der Waals surface area (Å²) in [4.78, 5) is 21.0. The molecule has 0 N–H and O–H groups in total. The van der Waals surface area contributed by atoms with E-state index in [1.165, 1.54) is 17.1 Å². The van der Waals surface area contributed by atoms with Crippen molar-refractivity contribution in [2.75, 3.05) is 50.8 Å². The van der Waals surface area contributed by atoms with Gasteiger partial charge in [-0.05, 0) is 25.7 Å². The smallest absolute Gasteiger partial charge is 0.320 e. The number of rotatable bonds is 4. The molecule has 0 radical (unpaired) electrons. The summed E-state index contributed by atoms with van der Waals surface area (Å²) in [6, 6.07) is 0.445. The molecule has 13 heteroatoms. The summed E-state index contributed by atoms with van der Waals surface area (Å²) < 4.78 is 51.1. The van der Waals surface area contributed by atoms with Gasteiger partial charge in [-0.1, -0.05) is 0 Å². The molecule has 0 atom stereocenters. The number of likely N-dealkylation sites (tertiary alicyclic amines) is 2. The molecule has 4 saturated heterocycles. The first-order valence-electron chi connectivity index (χ1n) is 11.7. The van der Waals surface area contributed by atoms with E-state index in [4.69, 9.17) is 0 Å². The zero-order chi connectivity index (χ0) is 22.8. The van der Waals surface area contributed by atoms with Crippen LogP contribution in [0.1, 0.15) is 43.5 Å². The standard InChI is InChI=1S/C20H28N6O5S2/c27-18(23-7-19(8-23)3-15(4-19)26-13-21-17(22-26)14-1-2-14)24-9-20(10-24)11-25(12-20)33(30,31)16-5-32(28,29)6-16/h13-16H,1-12H2. The Morgan fingerprint density at radius 3 is 2.15 bits per heavy atom. The zero-order valence-electron chi connectivity index (χ0n) is 18.3. The van der Waals surface area contributed by atoms with Crippen molar-refractivity contribution >= 4 is 25.9 Å². The van der Waals surface area contributed by atoms with E-state index in [-0.39, 0.29) is 28.4 Å². The SMILES string of the molecule is O=C(N1CC2(CC(n3cnc(C4CC4)n3)C2)C1)N1CC2(C1)CN(S(=O)(=O)C1CS(=O)(=O)C1)C2. The molecule has 1 aromatic rings. The zero-order valence-corrected chi connectivity index (χ0v) is 20.0. The number of carbonyl (C=O) groups excluding carboxylic acids is 1. The minimum atomic E-state index is -3.54. The first-order valence-corrected chi connectivity index (χ1v) is 15.0. The van der Waals surface area contributed by atoms with Crippen LogP contribution in [0, 0.1) is 10.8 Å². The molecule has 33 heavy (non-hydrogen) atoms. The maximum absolute atomic E-state index is 12.8. The number of hydrogen-bond donors (Lipinski definition) is 0. The summed E-state index contributed by atoms with van der Waals surface area (Å²) in [6.45, 7) is 3.51. The van der Waals surface area contributed by atoms with Crippen LogP contribution in [0.3, 0.4) is 0 Å². The van der Waals surface area contributed by atoms with E-state index in [9.17, 15) is 21.6 Å². The number of hydrogen-bond acceptors (Lipinski definition) is 7. The van der Waals surface area contributed by atoms with Gasteiger partial charge < -0.3 is 9.80 Å². The molecule has 2 aliphatic carbocycles. The van der Waals surface area contributed by atoms with Crippen molar-refractivity contribution in [1.82, 2.24) is 28.9 Å². The maximum atomic E-state index is 12.8. The number of urea groups is 1. The van der Waals surface area contributed by atoms with Crippen LogP contribution >= 0.6 is 0 Å². The first kappa shape index (κ1) is 20.6. The summed E-state index contributed by atoms with van der Waals surface area (Å²) >= 11 is 0. The molecule has 2 amide bonds. The summed E-state index contributed by atoms with van der Waals surface area (Å²) in [6.07, 6.45) is 6.34. The van der Waals surface area contributed by atoms with Crippen molar-refractivity contribution in [1.29, 1.82) is 0 Å². The number of sulfonamides is 1. The van der Waals surface area contributed by atoms with Crippen molar-refractivity contribution in [3.05, 3.63) is 12.2 Å². The average molecular weight is 497 g/mol. The van der Waals surface area contributed by atoms with E-state index < -0.39 is 25.1 Å². The molecule has 7 rings (SSSR count). The summed E-state index contributed by atoms with van der Waals surface area (Å²) in [5.74, 6) is 1.02. The molecule has 2 saturated carbocycles. The Morgan fingerprint density at radius 2 is 1.58 bits per heavy atom. The Morgan fingerprint density at radius 1 is 0.970 bits per heavy atom. The van der Waals surface area contributed by atoms with Crippen LogP contribution in [0.2, 0.25) is 0 Å². The number of carbonyl (C=O) groups is 1. The van der Waals surface area contributed by atoms with Crippen molar-refractivity contribution in [2.45, 2.75) is 42.9 Å². The second-order valence-corrected chi connectivity index (χ2v) is 15.8. The Balaban J connectivity index is 0.869. The van der Waals surface area contributed by atoms with Crippen molar-refractivity contribution in [3.63, 3.8) is 0 Å². The predicted molar refractivity (Wildman–Crippen MR) is 117 cm³/mol. The van der Waals surface area contributed by atoms with Gasteiger partial charge in [-0.3, -0.25) is 0 Å². The average Bonchev–Trinajstić information content (AvgIpc) is 3.33. The molecule has 0 bridgehead atoms. The minimum Gasteiger partial charge on any atom is -0.323 e. The molecular formula is C20H28N6O5S2. The molecular weight excluding hydrogens is 468 g/mol. The second kappa shape index (κ2) is 6.28. The molecule has 2 spiro atoms. The van der Waals surface area contributed by atoms with Crippen molar-refractivity contribution in [3.8, 4) is 0 Å². The maximum Gasteiger partial charge on any atom is 0.320 e. The topological polar surface area (TPSA) is 126 Å². The van der Waals surface area contributed by atoms with Gasteiger partial charge in [0.05, 0.1) is 17.5 Å². The van der Waals surface area contributed by atoms with Crippen molar-refractivity contribution in [2.24, 2.45) is 10.8 Å². The molecule has 6 aliphatic rings. The Labute approximate surface area is 193 Å². The lowest BCUT2D eigenvalue weighted by atomic mass is 9.60. The van der Waals surface area contributed by atoms with E-state index in [1.54, 1.807) is 0 Å². The van der Waals surface area contributed by atoms with Crippen molar-refractivity contribution < 1.29 is 21.6 Å². The van der Waals surface area contributed by atoms with Crippen LogP contribution in [-0.4, -0.2) is 108 Å². The number of sulfone groups is 1. The van der Waals surface area contributed by atoms with Crippen LogP contribution in [0.25, 0.3) is 0 Å². The first-order chi connectivity index (χ1) is 15.6. The largest absolute Gasteiger partial charge is 0.323 e. The Bertz CT molecular complexity index is 1220. The quantitative estimate of drug-likeness (QED) is 0.558. The van der Waals surface area contributed by atoms with Gasteiger partial charge in [-0.2, -0.15) is 5.10 Å². The normalized spacial score (nSPS) is 30.3. The lowest BCUT2D eigenvalue weighted by Gasteiger charge is -2.63. The van der Waals surface area contributed by atoms with E-state index >= 15 is 0 Å². The van der Waals surface area contributed by atoms with Gasteiger partial charge in [0, 0.05) is 56.0 Å². The van der Waals surface area contributed by atoms with Gasteiger partial charge in [0.1, 0.15) is 11.6 Å². The van der Waals surface area contributed by atoms with Crippen LogP contribution < -0.4 is 0 Å². The fraction of sp³-hybridized carbons (Fsp3) is 0.850. The molecule has 0 unspecified atom stereocenters. The lowest BCUT2D eigenvalue weighted by molar-refractivity contribution is -0.101. The van der Waals surface area contributed by atoms with E-state index in [0.717, 1.165) is 31.8 Å². The highest BCUT2D eigenvalue weighted by atomic mass is 32.2. The van der Waals surface area contributed by atoms with Crippen LogP contribution in [0.4, 0.5) is 4.79 Å². The molecule has 5 heterocycles. The van der Waals surface area contributed by atoms with Crippen LogP contribution in [-0.2, 0) is 19.9 Å². The molecule has 6 fully saturated rings. The molecule has 180 valence electrons. The fourth-order valence-electron chi connectivity index (χ4n) is 6.36. The van der Waals surface area contributed by atoms with Gasteiger partial charge >= 0.3 is 6.03 Å². The third-order valence-electron chi connectivity index (χ3n) is 8.51. The molecule has 11 nitrogen and oxygen atoms in total. The summed E-state index contributed by atoms with van der Waals surface area (Å²) in [5.41, 5.74) is 0.0703.